The molecule has 2 aliphatic rings. The quantitative estimate of drug-likeness (QED) is 0.501. The maximum absolute atomic E-state index is 5.08. The third-order valence-corrected chi connectivity index (χ3v) is 1.20. The zero-order valence-electron chi connectivity index (χ0n) is 5.15. The summed E-state index contributed by atoms with van der Waals surface area (Å²) in [7, 11) is 0. The average molecular weight is 135 g/mol. The number of oxime groups is 1. The number of nitrogens with zero attached hydrogens (tertiary/aromatic N) is 1. The summed E-state index contributed by atoms with van der Waals surface area (Å²) >= 11 is 0. The van der Waals surface area contributed by atoms with Crippen molar-refractivity contribution >= 4 is 6.21 Å². The maximum Gasteiger partial charge on any atom is 0.200 e. The normalized spacial score (nSPS) is 20.0. The third kappa shape index (κ3) is 0.719. The van der Waals surface area contributed by atoms with Crippen molar-refractivity contribution in [2.75, 3.05) is 0 Å². The molecular formula is C7H5NO2. The molecule has 0 aromatic rings. The van der Waals surface area contributed by atoms with Crippen LogP contribution in [0.2, 0.25) is 0 Å². The Labute approximate surface area is 57.9 Å². The van der Waals surface area contributed by atoms with E-state index in [-0.39, 0.29) is 0 Å². The second kappa shape index (κ2) is 2.02. The van der Waals surface area contributed by atoms with E-state index in [9.17, 15) is 0 Å². The second-order valence-electron chi connectivity index (χ2n) is 1.85. The van der Waals surface area contributed by atoms with Gasteiger partial charge in [-0.1, -0.05) is 5.16 Å². The molecule has 0 unspecified atom stereocenters. The van der Waals surface area contributed by atoms with Gasteiger partial charge < -0.3 is 9.57 Å². The number of rotatable bonds is 0. The highest BCUT2D eigenvalue weighted by Gasteiger charge is 2.11. The molecule has 0 N–H and O–H groups in total. The average Bonchev–Trinajstić information content (AvgIpc) is 2.05. The lowest BCUT2D eigenvalue weighted by atomic mass is 10.3. The molecule has 0 fully saturated rings. The molecule has 0 atom stereocenters. The highest BCUT2D eigenvalue weighted by molar-refractivity contribution is 5.73. The number of fused-ring (bicyclic) bond motifs is 1. The van der Waals surface area contributed by atoms with E-state index in [2.05, 4.69) is 5.16 Å². The van der Waals surface area contributed by atoms with Crippen molar-refractivity contribution in [3.8, 4) is 0 Å². The van der Waals surface area contributed by atoms with E-state index >= 15 is 0 Å². The van der Waals surface area contributed by atoms with Crippen molar-refractivity contribution in [3.05, 3.63) is 36.0 Å². The van der Waals surface area contributed by atoms with Gasteiger partial charge in [-0.2, -0.15) is 0 Å². The van der Waals surface area contributed by atoms with E-state index in [0.29, 0.717) is 11.5 Å². The fourth-order valence-electron chi connectivity index (χ4n) is 0.762. The summed E-state index contributed by atoms with van der Waals surface area (Å²) < 4.78 is 5.08. The molecule has 0 bridgehead atoms. The second-order valence-corrected chi connectivity index (χ2v) is 1.85. The van der Waals surface area contributed by atoms with E-state index in [1.165, 1.54) is 0 Å². The highest BCUT2D eigenvalue weighted by atomic mass is 16.6. The van der Waals surface area contributed by atoms with Crippen LogP contribution in [-0.4, -0.2) is 6.21 Å². The van der Waals surface area contributed by atoms with Gasteiger partial charge in [0.15, 0.2) is 5.76 Å². The predicted octanol–water partition coefficient (Wildman–Crippen LogP) is 1.31. The summed E-state index contributed by atoms with van der Waals surface area (Å²) in [5, 5.41) is 3.58. The van der Waals surface area contributed by atoms with Crippen LogP contribution in [0.4, 0.5) is 0 Å². The summed E-state index contributed by atoms with van der Waals surface area (Å²) in [6.07, 6.45) is 8.45. The molecular weight excluding hydrogens is 130 g/mol. The molecule has 0 radical (unpaired) electrons. The molecule has 0 amide bonds. The minimum absolute atomic E-state index is 0.657. The van der Waals surface area contributed by atoms with Gasteiger partial charge >= 0.3 is 0 Å². The van der Waals surface area contributed by atoms with E-state index in [0.717, 1.165) is 0 Å². The van der Waals surface area contributed by atoms with Crippen LogP contribution < -0.4 is 0 Å². The highest BCUT2D eigenvalue weighted by Crippen LogP contribution is 2.19. The first-order chi connectivity index (χ1) is 4.97. The van der Waals surface area contributed by atoms with Gasteiger partial charge in [-0.15, -0.1) is 0 Å². The number of ether oxygens (including phenoxy) is 1. The Morgan fingerprint density at radius 1 is 1.20 bits per heavy atom. The fourth-order valence-corrected chi connectivity index (χ4v) is 0.762. The number of hydrogen-bond donors (Lipinski definition) is 0. The molecule has 2 rings (SSSR count). The van der Waals surface area contributed by atoms with Gasteiger partial charge in [-0.25, -0.2) is 0 Å². The van der Waals surface area contributed by atoms with Gasteiger partial charge in [0.25, 0.3) is 0 Å². The van der Waals surface area contributed by atoms with Gasteiger partial charge in [0.2, 0.25) is 5.76 Å². The van der Waals surface area contributed by atoms with Crippen molar-refractivity contribution in [1.82, 2.24) is 0 Å². The first-order valence-corrected chi connectivity index (χ1v) is 2.91. The minimum atomic E-state index is 0.657. The summed E-state index contributed by atoms with van der Waals surface area (Å²) in [5.74, 6) is 1.36. The van der Waals surface area contributed by atoms with Gasteiger partial charge in [0.1, 0.15) is 0 Å². The van der Waals surface area contributed by atoms with E-state index in [1.54, 1.807) is 30.7 Å². The largest absolute Gasteiger partial charge is 0.461 e. The van der Waals surface area contributed by atoms with Crippen molar-refractivity contribution in [3.63, 3.8) is 0 Å². The summed E-state index contributed by atoms with van der Waals surface area (Å²) in [6.45, 7) is 0. The third-order valence-electron chi connectivity index (χ3n) is 1.20. The molecule has 0 spiro atoms. The molecule has 0 aliphatic carbocycles. The maximum atomic E-state index is 5.08. The molecule has 0 aromatic heterocycles. The smallest absolute Gasteiger partial charge is 0.200 e. The van der Waals surface area contributed by atoms with Crippen LogP contribution in [0.15, 0.2) is 41.2 Å². The lowest BCUT2D eigenvalue weighted by Gasteiger charge is -2.12. The fraction of sp³-hybridized carbons (Fsp3) is 0. The van der Waals surface area contributed by atoms with Crippen molar-refractivity contribution in [2.24, 2.45) is 5.16 Å². The Kier molecular flexibility index (Phi) is 1.07. The molecule has 2 aliphatic heterocycles. The van der Waals surface area contributed by atoms with Crippen LogP contribution in [0.25, 0.3) is 0 Å². The van der Waals surface area contributed by atoms with Gasteiger partial charge in [-0.05, 0) is 12.2 Å². The molecule has 2 heterocycles. The SMILES string of the molecule is C1=COC2=CC=NOC2=C1. The van der Waals surface area contributed by atoms with Crippen molar-refractivity contribution < 1.29 is 9.57 Å². The summed E-state index contributed by atoms with van der Waals surface area (Å²) in [4.78, 5) is 4.87. The van der Waals surface area contributed by atoms with Crippen LogP contribution in [0.5, 0.6) is 0 Å². The lowest BCUT2D eigenvalue weighted by molar-refractivity contribution is 0.192. The van der Waals surface area contributed by atoms with Gasteiger partial charge in [-0.3, -0.25) is 0 Å². The lowest BCUT2D eigenvalue weighted by Crippen LogP contribution is -2.01. The Bertz CT molecular complexity index is 233. The Morgan fingerprint density at radius 3 is 3.10 bits per heavy atom. The standard InChI is InChI=1S/C7H5NO2/c1-2-7-6(9-5-1)3-4-8-10-7/h1-5H. The van der Waals surface area contributed by atoms with Crippen molar-refractivity contribution in [2.45, 2.75) is 0 Å². The van der Waals surface area contributed by atoms with Crippen LogP contribution in [0.1, 0.15) is 0 Å². The van der Waals surface area contributed by atoms with Crippen LogP contribution in [-0.2, 0) is 9.57 Å². The van der Waals surface area contributed by atoms with E-state index in [4.69, 9.17) is 9.57 Å². The summed E-state index contributed by atoms with van der Waals surface area (Å²) in [6, 6.07) is 0. The predicted molar refractivity (Wildman–Crippen MR) is 36.0 cm³/mol. The molecule has 50 valence electrons. The van der Waals surface area contributed by atoms with Crippen LogP contribution in [0.3, 0.4) is 0 Å². The molecule has 3 nitrogen and oxygen atoms in total. The Morgan fingerprint density at radius 2 is 2.20 bits per heavy atom. The first-order valence-electron chi connectivity index (χ1n) is 2.91. The van der Waals surface area contributed by atoms with Gasteiger partial charge in [0.05, 0.1) is 12.5 Å². The summed E-state index contributed by atoms with van der Waals surface area (Å²) in [5.41, 5.74) is 0. The first kappa shape index (κ1) is 5.29. The Hall–Kier alpha value is -1.51. The topological polar surface area (TPSA) is 30.8 Å². The Balaban J connectivity index is 2.38. The minimum Gasteiger partial charge on any atom is -0.461 e. The molecule has 0 saturated carbocycles. The van der Waals surface area contributed by atoms with E-state index in [1.807, 2.05) is 0 Å². The number of hydrogen-bond acceptors (Lipinski definition) is 3. The molecule has 10 heavy (non-hydrogen) atoms. The van der Waals surface area contributed by atoms with Crippen molar-refractivity contribution in [1.29, 1.82) is 0 Å². The van der Waals surface area contributed by atoms with E-state index < -0.39 is 0 Å². The number of allylic oxidation sites excluding steroid dienone is 3. The molecule has 3 heteroatoms. The zero-order chi connectivity index (χ0) is 6.81. The zero-order valence-corrected chi connectivity index (χ0v) is 5.15. The van der Waals surface area contributed by atoms with Gasteiger partial charge in [0, 0.05) is 6.08 Å². The molecule has 0 aromatic carbocycles. The monoisotopic (exact) mass is 135 g/mol. The molecule has 0 saturated heterocycles. The van der Waals surface area contributed by atoms with Crippen LogP contribution >= 0.6 is 0 Å². The van der Waals surface area contributed by atoms with Crippen LogP contribution in [0, 0.1) is 0 Å².